The Balaban J connectivity index is 2.37. The smallest absolute Gasteiger partial charge is 0.342 e. The summed E-state index contributed by atoms with van der Waals surface area (Å²) in [6.45, 7) is 1.08. The molecular formula is C11H11N3O5. The number of carbonyl (C=O) groups is 2. The Bertz CT molecular complexity index is 557. The Hall–Kier alpha value is -2.64. The number of hydrogen-bond acceptors (Lipinski definition) is 5. The van der Waals surface area contributed by atoms with Crippen LogP contribution in [-0.2, 0) is 4.79 Å². The van der Waals surface area contributed by atoms with E-state index in [4.69, 9.17) is 5.11 Å². The first kappa shape index (κ1) is 12.8. The van der Waals surface area contributed by atoms with Gasteiger partial charge in [0.25, 0.3) is 5.69 Å². The summed E-state index contributed by atoms with van der Waals surface area (Å²) in [5.41, 5.74) is -0.377. The number of aromatic carboxylic acids is 1. The van der Waals surface area contributed by atoms with Gasteiger partial charge in [0.05, 0.1) is 11.5 Å². The first-order valence-electron chi connectivity index (χ1n) is 5.52. The van der Waals surface area contributed by atoms with E-state index < -0.39 is 16.6 Å². The zero-order chi connectivity index (χ0) is 14.0. The fraction of sp³-hybridized carbons (Fsp3) is 0.273. The van der Waals surface area contributed by atoms with Gasteiger partial charge in [0.15, 0.2) is 0 Å². The Kier molecular flexibility index (Phi) is 3.32. The summed E-state index contributed by atoms with van der Waals surface area (Å²) in [6, 6.07) is 3.83. The van der Waals surface area contributed by atoms with E-state index in [-0.39, 0.29) is 18.0 Å². The molecule has 8 heteroatoms. The first-order valence-corrected chi connectivity index (χ1v) is 5.52. The number of carboxylic acids is 1. The number of benzene rings is 1. The maximum Gasteiger partial charge on any atom is 0.342 e. The highest BCUT2D eigenvalue weighted by Gasteiger charge is 2.23. The quantitative estimate of drug-likeness (QED) is 0.597. The van der Waals surface area contributed by atoms with Crippen molar-refractivity contribution in [2.24, 2.45) is 0 Å². The van der Waals surface area contributed by atoms with E-state index in [1.807, 2.05) is 0 Å². The van der Waals surface area contributed by atoms with Gasteiger partial charge in [0, 0.05) is 24.8 Å². The molecule has 1 amide bonds. The van der Waals surface area contributed by atoms with Gasteiger partial charge in [0.1, 0.15) is 5.56 Å². The van der Waals surface area contributed by atoms with Crippen molar-refractivity contribution in [3.63, 3.8) is 0 Å². The Morgan fingerprint density at radius 2 is 2.21 bits per heavy atom. The molecule has 0 spiro atoms. The number of piperazine rings is 1. The van der Waals surface area contributed by atoms with E-state index in [9.17, 15) is 19.7 Å². The monoisotopic (exact) mass is 265 g/mol. The average Bonchev–Trinajstić information content (AvgIpc) is 2.37. The van der Waals surface area contributed by atoms with Gasteiger partial charge in [0.2, 0.25) is 5.91 Å². The normalized spacial score (nSPS) is 14.9. The van der Waals surface area contributed by atoms with Crippen LogP contribution in [-0.4, -0.2) is 41.5 Å². The van der Waals surface area contributed by atoms with Crippen LogP contribution in [0.25, 0.3) is 0 Å². The number of nitrogens with one attached hydrogen (secondary N) is 1. The molecule has 1 aromatic rings. The third-order valence-electron chi connectivity index (χ3n) is 2.81. The molecule has 1 aromatic carbocycles. The molecule has 1 fully saturated rings. The Morgan fingerprint density at radius 1 is 1.47 bits per heavy atom. The van der Waals surface area contributed by atoms with Gasteiger partial charge < -0.3 is 15.3 Å². The van der Waals surface area contributed by atoms with Crippen LogP contribution >= 0.6 is 0 Å². The molecule has 0 radical (unpaired) electrons. The van der Waals surface area contributed by atoms with Gasteiger partial charge in [-0.1, -0.05) is 0 Å². The number of hydrogen-bond donors (Lipinski definition) is 2. The fourth-order valence-corrected chi connectivity index (χ4v) is 1.91. The zero-order valence-electron chi connectivity index (χ0n) is 9.83. The fourth-order valence-electron chi connectivity index (χ4n) is 1.91. The number of nitro groups is 1. The van der Waals surface area contributed by atoms with Crippen LogP contribution in [0.5, 0.6) is 0 Å². The summed E-state index contributed by atoms with van der Waals surface area (Å²) in [5, 5.41) is 22.4. The van der Waals surface area contributed by atoms with Gasteiger partial charge in [-0.05, 0) is 12.1 Å². The van der Waals surface area contributed by atoms with Gasteiger partial charge in [-0.25, -0.2) is 4.79 Å². The number of nitrogens with zero attached hydrogens (tertiary/aromatic N) is 2. The van der Waals surface area contributed by atoms with Crippen LogP contribution in [0.15, 0.2) is 18.2 Å². The van der Waals surface area contributed by atoms with Gasteiger partial charge >= 0.3 is 5.97 Å². The predicted octanol–water partition coefficient (Wildman–Crippen LogP) is 0.229. The van der Waals surface area contributed by atoms with E-state index in [2.05, 4.69) is 5.32 Å². The molecule has 19 heavy (non-hydrogen) atoms. The molecule has 0 unspecified atom stereocenters. The summed E-state index contributed by atoms with van der Waals surface area (Å²) in [6.07, 6.45) is 0. The minimum absolute atomic E-state index is 0.101. The molecule has 0 aliphatic carbocycles. The molecule has 1 aliphatic rings. The molecule has 100 valence electrons. The third-order valence-corrected chi connectivity index (χ3v) is 2.81. The highest BCUT2D eigenvalue weighted by atomic mass is 16.6. The zero-order valence-corrected chi connectivity index (χ0v) is 9.83. The maximum absolute atomic E-state index is 11.3. The molecule has 0 aromatic heterocycles. The lowest BCUT2D eigenvalue weighted by molar-refractivity contribution is -0.385. The molecule has 0 atom stereocenters. The highest BCUT2D eigenvalue weighted by Crippen LogP contribution is 2.26. The second-order valence-corrected chi connectivity index (χ2v) is 4.04. The summed E-state index contributed by atoms with van der Waals surface area (Å²) < 4.78 is 0. The lowest BCUT2D eigenvalue weighted by Crippen LogP contribution is -2.47. The minimum atomic E-state index is -1.35. The summed E-state index contributed by atoms with van der Waals surface area (Å²) in [4.78, 5) is 33.9. The second kappa shape index (κ2) is 4.92. The lowest BCUT2D eigenvalue weighted by atomic mass is 10.1. The van der Waals surface area contributed by atoms with Crippen LogP contribution in [0.4, 0.5) is 11.4 Å². The van der Waals surface area contributed by atoms with Crippen LogP contribution in [0.3, 0.4) is 0 Å². The maximum atomic E-state index is 11.3. The Labute approximate surface area is 107 Å². The summed E-state index contributed by atoms with van der Waals surface area (Å²) >= 11 is 0. The predicted molar refractivity (Wildman–Crippen MR) is 65.3 cm³/mol. The number of nitro benzene ring substituents is 1. The molecule has 2 N–H and O–H groups in total. The van der Waals surface area contributed by atoms with E-state index in [1.54, 1.807) is 4.90 Å². The Morgan fingerprint density at radius 3 is 2.79 bits per heavy atom. The summed E-state index contributed by atoms with van der Waals surface area (Å²) in [5.74, 6) is -1.52. The average molecular weight is 265 g/mol. The van der Waals surface area contributed by atoms with Crippen molar-refractivity contribution in [3.05, 3.63) is 33.9 Å². The number of carboxylic acid groups (broad SMARTS) is 1. The molecular weight excluding hydrogens is 254 g/mol. The first-order chi connectivity index (χ1) is 8.99. The van der Waals surface area contributed by atoms with Crippen molar-refractivity contribution in [2.75, 3.05) is 24.5 Å². The molecule has 0 saturated carbocycles. The molecule has 1 saturated heterocycles. The number of carbonyl (C=O) groups excluding carboxylic acids is 1. The van der Waals surface area contributed by atoms with E-state index in [0.29, 0.717) is 18.8 Å². The van der Waals surface area contributed by atoms with Crippen molar-refractivity contribution in [2.45, 2.75) is 0 Å². The van der Waals surface area contributed by atoms with Crippen molar-refractivity contribution in [1.29, 1.82) is 0 Å². The highest BCUT2D eigenvalue weighted by molar-refractivity contribution is 5.93. The molecule has 1 aliphatic heterocycles. The van der Waals surface area contributed by atoms with Crippen molar-refractivity contribution >= 4 is 23.3 Å². The second-order valence-electron chi connectivity index (χ2n) is 4.04. The van der Waals surface area contributed by atoms with Crippen molar-refractivity contribution in [1.82, 2.24) is 5.32 Å². The van der Waals surface area contributed by atoms with Crippen LogP contribution in [0.1, 0.15) is 10.4 Å². The van der Waals surface area contributed by atoms with Crippen LogP contribution in [0, 0.1) is 10.1 Å². The molecule has 1 heterocycles. The van der Waals surface area contributed by atoms with Crippen LogP contribution in [0.2, 0.25) is 0 Å². The topological polar surface area (TPSA) is 113 Å². The summed E-state index contributed by atoms with van der Waals surface area (Å²) in [7, 11) is 0. The van der Waals surface area contributed by atoms with Gasteiger partial charge in [-0.3, -0.25) is 14.9 Å². The van der Waals surface area contributed by atoms with Gasteiger partial charge in [-0.2, -0.15) is 0 Å². The standard InChI is InChI=1S/C11H11N3O5/c15-10-6-13(4-3-12-10)7-1-2-8(11(16)17)9(5-7)14(18)19/h1-2,5H,3-4,6H2,(H,12,15)(H,16,17). The number of amides is 1. The molecule has 2 rings (SSSR count). The van der Waals surface area contributed by atoms with E-state index in [0.717, 1.165) is 0 Å². The van der Waals surface area contributed by atoms with Crippen LogP contribution < -0.4 is 10.2 Å². The molecule has 8 nitrogen and oxygen atoms in total. The van der Waals surface area contributed by atoms with E-state index in [1.165, 1.54) is 18.2 Å². The van der Waals surface area contributed by atoms with E-state index >= 15 is 0 Å². The number of rotatable bonds is 3. The minimum Gasteiger partial charge on any atom is -0.477 e. The van der Waals surface area contributed by atoms with Crippen molar-refractivity contribution in [3.8, 4) is 0 Å². The van der Waals surface area contributed by atoms with Crippen molar-refractivity contribution < 1.29 is 19.6 Å². The SMILES string of the molecule is O=C1CN(c2ccc(C(=O)O)c([N+](=O)[O-])c2)CCN1. The lowest BCUT2D eigenvalue weighted by Gasteiger charge is -2.28. The largest absolute Gasteiger partial charge is 0.477 e. The van der Waals surface area contributed by atoms with Gasteiger partial charge in [-0.15, -0.1) is 0 Å². The number of anilines is 1. The third kappa shape index (κ3) is 2.62. The molecule has 0 bridgehead atoms.